The molecule has 100 valence electrons. The Bertz CT molecular complexity index is 602. The molecule has 0 aliphatic heterocycles. The number of rotatable bonds is 3. The Labute approximate surface area is 107 Å². The molecule has 1 aromatic heterocycles. The Morgan fingerprint density at radius 2 is 1.95 bits per heavy atom. The quantitative estimate of drug-likeness (QED) is 0.800. The third kappa shape index (κ3) is 2.96. The first-order valence-electron chi connectivity index (χ1n) is 5.38. The Morgan fingerprint density at radius 3 is 2.53 bits per heavy atom. The predicted octanol–water partition coefficient (Wildman–Crippen LogP) is 3.40. The number of aldehydes is 1. The van der Waals surface area contributed by atoms with Crippen molar-refractivity contribution >= 4 is 6.29 Å². The van der Waals surface area contributed by atoms with Crippen LogP contribution in [0.4, 0.5) is 13.2 Å². The van der Waals surface area contributed by atoms with Gasteiger partial charge in [0.15, 0.2) is 6.29 Å². The Hall–Kier alpha value is -2.24. The van der Waals surface area contributed by atoms with Crippen molar-refractivity contribution < 1.29 is 22.7 Å². The second kappa shape index (κ2) is 4.79. The lowest BCUT2D eigenvalue weighted by Gasteiger charge is -2.10. The van der Waals surface area contributed by atoms with Crippen LogP contribution in [0, 0.1) is 0 Å². The SMILES string of the molecule is Cn1c(C=O)ccc1-c1cccc(OC(F)(F)F)c1. The zero-order valence-electron chi connectivity index (χ0n) is 9.94. The third-order valence-electron chi connectivity index (χ3n) is 2.64. The average Bonchev–Trinajstić information content (AvgIpc) is 2.68. The lowest BCUT2D eigenvalue weighted by atomic mass is 10.1. The number of halogens is 3. The van der Waals surface area contributed by atoms with Crippen LogP contribution >= 0.6 is 0 Å². The highest BCUT2D eigenvalue weighted by molar-refractivity contribution is 5.76. The van der Waals surface area contributed by atoms with E-state index in [0.29, 0.717) is 23.2 Å². The zero-order valence-corrected chi connectivity index (χ0v) is 9.94. The van der Waals surface area contributed by atoms with E-state index >= 15 is 0 Å². The van der Waals surface area contributed by atoms with Gasteiger partial charge in [0.05, 0.1) is 5.69 Å². The van der Waals surface area contributed by atoms with Crippen LogP contribution in [-0.4, -0.2) is 17.2 Å². The van der Waals surface area contributed by atoms with Gasteiger partial charge in [-0.05, 0) is 24.3 Å². The molecule has 0 N–H and O–H groups in total. The molecule has 2 rings (SSSR count). The summed E-state index contributed by atoms with van der Waals surface area (Å²) in [7, 11) is 1.66. The van der Waals surface area contributed by atoms with Gasteiger partial charge >= 0.3 is 6.36 Å². The molecule has 1 aromatic carbocycles. The molecule has 0 aliphatic rings. The average molecular weight is 269 g/mol. The molecule has 0 spiro atoms. The molecule has 0 unspecified atom stereocenters. The van der Waals surface area contributed by atoms with Crippen LogP contribution in [0.25, 0.3) is 11.3 Å². The molecule has 6 heteroatoms. The minimum atomic E-state index is -4.72. The summed E-state index contributed by atoms with van der Waals surface area (Å²) in [5.41, 5.74) is 1.62. The molecule has 0 fully saturated rings. The maximum absolute atomic E-state index is 12.1. The van der Waals surface area contributed by atoms with Crippen LogP contribution in [0.1, 0.15) is 10.5 Å². The third-order valence-corrected chi connectivity index (χ3v) is 2.64. The Kier molecular flexibility index (Phi) is 3.33. The van der Waals surface area contributed by atoms with Crippen molar-refractivity contribution in [2.75, 3.05) is 0 Å². The fourth-order valence-corrected chi connectivity index (χ4v) is 1.79. The van der Waals surface area contributed by atoms with Crippen molar-refractivity contribution in [2.24, 2.45) is 7.05 Å². The summed E-state index contributed by atoms with van der Waals surface area (Å²) in [6.45, 7) is 0. The van der Waals surface area contributed by atoms with Gasteiger partial charge in [-0.3, -0.25) is 4.79 Å². The molecule has 2 aromatic rings. The summed E-state index contributed by atoms with van der Waals surface area (Å²) >= 11 is 0. The van der Waals surface area contributed by atoms with Crippen LogP contribution in [-0.2, 0) is 7.05 Å². The number of ether oxygens (including phenoxy) is 1. The molecule has 0 radical (unpaired) electrons. The molecule has 0 saturated heterocycles. The first kappa shape index (κ1) is 13.2. The van der Waals surface area contributed by atoms with Crippen LogP contribution in [0.5, 0.6) is 5.75 Å². The van der Waals surface area contributed by atoms with Crippen LogP contribution < -0.4 is 4.74 Å². The molecular formula is C13H10F3NO2. The Morgan fingerprint density at radius 1 is 1.21 bits per heavy atom. The van der Waals surface area contributed by atoms with Gasteiger partial charge in [-0.25, -0.2) is 0 Å². The van der Waals surface area contributed by atoms with Crippen LogP contribution in [0.2, 0.25) is 0 Å². The smallest absolute Gasteiger partial charge is 0.406 e. The second-order valence-corrected chi connectivity index (χ2v) is 3.90. The zero-order chi connectivity index (χ0) is 14.0. The molecule has 0 saturated carbocycles. The number of carbonyl (C=O) groups excluding carboxylic acids is 1. The molecular weight excluding hydrogens is 259 g/mol. The molecule has 0 bridgehead atoms. The molecule has 0 amide bonds. The van der Waals surface area contributed by atoms with Crippen molar-refractivity contribution in [1.29, 1.82) is 0 Å². The lowest BCUT2D eigenvalue weighted by Crippen LogP contribution is -2.17. The maximum atomic E-state index is 12.1. The molecule has 0 aliphatic carbocycles. The van der Waals surface area contributed by atoms with Crippen LogP contribution in [0.15, 0.2) is 36.4 Å². The summed E-state index contributed by atoms with van der Waals surface area (Å²) in [6, 6.07) is 8.87. The number of alkyl halides is 3. The van der Waals surface area contributed by atoms with Crippen molar-refractivity contribution in [3.05, 3.63) is 42.1 Å². The topological polar surface area (TPSA) is 31.2 Å². The van der Waals surface area contributed by atoms with E-state index in [-0.39, 0.29) is 5.75 Å². The number of benzene rings is 1. The summed E-state index contributed by atoms with van der Waals surface area (Å²) in [5, 5.41) is 0. The van der Waals surface area contributed by atoms with E-state index in [1.165, 1.54) is 18.2 Å². The van der Waals surface area contributed by atoms with E-state index in [4.69, 9.17) is 0 Å². The van der Waals surface area contributed by atoms with Gasteiger partial charge < -0.3 is 9.30 Å². The van der Waals surface area contributed by atoms with E-state index in [1.807, 2.05) is 0 Å². The van der Waals surface area contributed by atoms with Gasteiger partial charge in [-0.2, -0.15) is 0 Å². The maximum Gasteiger partial charge on any atom is 0.573 e. The Balaban J connectivity index is 2.37. The fourth-order valence-electron chi connectivity index (χ4n) is 1.79. The first-order chi connectivity index (χ1) is 8.90. The van der Waals surface area contributed by atoms with E-state index < -0.39 is 6.36 Å². The standard InChI is InChI=1S/C13H10F3NO2/c1-17-10(8-18)5-6-12(17)9-3-2-4-11(7-9)19-13(14,15)16/h2-8H,1H3. The van der Waals surface area contributed by atoms with Crippen molar-refractivity contribution in [2.45, 2.75) is 6.36 Å². The number of nitrogens with zero attached hydrogens (tertiary/aromatic N) is 1. The number of hydrogen-bond acceptors (Lipinski definition) is 2. The minimum Gasteiger partial charge on any atom is -0.406 e. The first-order valence-corrected chi connectivity index (χ1v) is 5.38. The van der Waals surface area contributed by atoms with Crippen LogP contribution in [0.3, 0.4) is 0 Å². The van der Waals surface area contributed by atoms with Gasteiger partial charge in [0.25, 0.3) is 0 Å². The summed E-state index contributed by atoms with van der Waals surface area (Å²) in [6.07, 6.45) is -4.04. The minimum absolute atomic E-state index is 0.293. The van der Waals surface area contributed by atoms with Gasteiger partial charge in [0.2, 0.25) is 0 Å². The highest BCUT2D eigenvalue weighted by Gasteiger charge is 2.31. The predicted molar refractivity (Wildman–Crippen MR) is 62.9 cm³/mol. The normalized spacial score (nSPS) is 11.4. The highest BCUT2D eigenvalue weighted by Crippen LogP contribution is 2.28. The van der Waals surface area contributed by atoms with E-state index in [9.17, 15) is 18.0 Å². The molecule has 3 nitrogen and oxygen atoms in total. The lowest BCUT2D eigenvalue weighted by molar-refractivity contribution is -0.274. The fraction of sp³-hybridized carbons (Fsp3) is 0.154. The van der Waals surface area contributed by atoms with Crippen molar-refractivity contribution in [3.63, 3.8) is 0 Å². The summed E-state index contributed by atoms with van der Waals surface area (Å²) in [4.78, 5) is 10.7. The van der Waals surface area contributed by atoms with E-state index in [2.05, 4.69) is 4.74 Å². The number of aromatic nitrogens is 1. The van der Waals surface area contributed by atoms with Gasteiger partial charge in [-0.1, -0.05) is 12.1 Å². The largest absolute Gasteiger partial charge is 0.573 e. The second-order valence-electron chi connectivity index (χ2n) is 3.90. The van der Waals surface area contributed by atoms with E-state index in [1.54, 1.807) is 29.8 Å². The number of carbonyl (C=O) groups is 1. The molecule has 0 atom stereocenters. The van der Waals surface area contributed by atoms with Crippen molar-refractivity contribution in [1.82, 2.24) is 4.57 Å². The molecule has 19 heavy (non-hydrogen) atoms. The molecule has 1 heterocycles. The van der Waals surface area contributed by atoms with E-state index in [0.717, 1.165) is 0 Å². The van der Waals surface area contributed by atoms with Gasteiger partial charge in [0.1, 0.15) is 5.75 Å². The van der Waals surface area contributed by atoms with Gasteiger partial charge in [0, 0.05) is 18.3 Å². The highest BCUT2D eigenvalue weighted by atomic mass is 19.4. The van der Waals surface area contributed by atoms with Gasteiger partial charge in [-0.15, -0.1) is 13.2 Å². The summed E-state index contributed by atoms with van der Waals surface area (Å²) in [5.74, 6) is -0.293. The monoisotopic (exact) mass is 269 g/mol. The van der Waals surface area contributed by atoms with Crippen molar-refractivity contribution in [3.8, 4) is 17.0 Å². The number of hydrogen-bond donors (Lipinski definition) is 0. The summed E-state index contributed by atoms with van der Waals surface area (Å²) < 4.78 is 41.9.